The smallest absolute Gasteiger partial charge is 0.203 e. The highest BCUT2D eigenvalue weighted by molar-refractivity contribution is 5.54. The molecule has 0 fully saturated rings. The molecule has 0 amide bonds. The molecule has 96 valence electrons. The molecule has 1 rings (SSSR count). The van der Waals surface area contributed by atoms with Crippen LogP contribution in [0.3, 0.4) is 0 Å². The summed E-state index contributed by atoms with van der Waals surface area (Å²) in [7, 11) is 6.32. The van der Waals surface area contributed by atoms with Gasteiger partial charge in [-0.05, 0) is 17.7 Å². The lowest BCUT2D eigenvalue weighted by molar-refractivity contribution is 0.180. The molecule has 0 saturated carbocycles. The summed E-state index contributed by atoms with van der Waals surface area (Å²) in [5, 5.41) is 0. The van der Waals surface area contributed by atoms with Crippen molar-refractivity contribution in [2.75, 3.05) is 35.0 Å². The predicted molar refractivity (Wildman–Crippen MR) is 64.9 cm³/mol. The summed E-state index contributed by atoms with van der Waals surface area (Å²) in [6.07, 6.45) is 0. The Hall–Kier alpha value is -1.46. The van der Waals surface area contributed by atoms with E-state index in [4.69, 9.17) is 24.7 Å². The Morgan fingerprint density at radius 1 is 1.00 bits per heavy atom. The van der Waals surface area contributed by atoms with Crippen LogP contribution in [0.4, 0.5) is 0 Å². The second-order valence-corrected chi connectivity index (χ2v) is 3.52. The van der Waals surface area contributed by atoms with E-state index < -0.39 is 0 Å². The van der Waals surface area contributed by atoms with Crippen LogP contribution in [-0.4, -0.2) is 35.0 Å². The monoisotopic (exact) mass is 241 g/mol. The van der Waals surface area contributed by atoms with Crippen molar-refractivity contribution >= 4 is 0 Å². The third-order valence-electron chi connectivity index (χ3n) is 2.46. The van der Waals surface area contributed by atoms with Gasteiger partial charge < -0.3 is 24.7 Å². The van der Waals surface area contributed by atoms with Crippen LogP contribution < -0.4 is 19.9 Å². The summed E-state index contributed by atoms with van der Waals surface area (Å²) >= 11 is 0. The molecule has 1 atom stereocenters. The third-order valence-corrected chi connectivity index (χ3v) is 2.46. The quantitative estimate of drug-likeness (QED) is 0.814. The molecule has 0 aliphatic rings. The van der Waals surface area contributed by atoms with Gasteiger partial charge in [0, 0.05) is 7.11 Å². The van der Waals surface area contributed by atoms with E-state index in [1.54, 1.807) is 28.4 Å². The van der Waals surface area contributed by atoms with Crippen molar-refractivity contribution in [1.82, 2.24) is 0 Å². The summed E-state index contributed by atoms with van der Waals surface area (Å²) in [5.41, 5.74) is 6.84. The largest absolute Gasteiger partial charge is 0.493 e. The van der Waals surface area contributed by atoms with Crippen LogP contribution in [0, 0.1) is 0 Å². The Morgan fingerprint density at radius 3 is 1.88 bits per heavy atom. The normalized spacial score (nSPS) is 12.1. The maximum atomic E-state index is 5.97. The summed E-state index contributed by atoms with van der Waals surface area (Å²) < 4.78 is 20.7. The van der Waals surface area contributed by atoms with Crippen LogP contribution in [0.2, 0.25) is 0 Å². The van der Waals surface area contributed by atoms with Crippen LogP contribution in [-0.2, 0) is 4.74 Å². The number of rotatable bonds is 6. The van der Waals surface area contributed by atoms with E-state index in [0.29, 0.717) is 23.9 Å². The SMILES string of the molecule is COCC(N)c1cc(OC)c(OC)c(OC)c1. The van der Waals surface area contributed by atoms with Crippen LogP contribution >= 0.6 is 0 Å². The lowest BCUT2D eigenvalue weighted by atomic mass is 10.1. The molecule has 17 heavy (non-hydrogen) atoms. The van der Waals surface area contributed by atoms with Gasteiger partial charge in [0.15, 0.2) is 11.5 Å². The first-order valence-electron chi connectivity index (χ1n) is 5.22. The standard InChI is InChI=1S/C12H19NO4/c1-14-7-9(13)8-5-10(15-2)12(17-4)11(6-8)16-3/h5-6,9H,7,13H2,1-4H3. The van der Waals surface area contributed by atoms with E-state index in [0.717, 1.165) is 5.56 Å². The van der Waals surface area contributed by atoms with E-state index in [-0.39, 0.29) is 6.04 Å². The number of ether oxygens (including phenoxy) is 4. The van der Waals surface area contributed by atoms with Gasteiger partial charge in [0.05, 0.1) is 34.0 Å². The number of hydrogen-bond acceptors (Lipinski definition) is 5. The van der Waals surface area contributed by atoms with Gasteiger partial charge in [-0.15, -0.1) is 0 Å². The van der Waals surface area contributed by atoms with Crippen molar-refractivity contribution < 1.29 is 18.9 Å². The Kier molecular flexibility index (Phi) is 5.06. The van der Waals surface area contributed by atoms with Crippen molar-refractivity contribution in [1.29, 1.82) is 0 Å². The molecule has 1 aromatic carbocycles. The maximum absolute atomic E-state index is 5.97. The molecule has 0 aromatic heterocycles. The molecule has 0 radical (unpaired) electrons. The number of hydrogen-bond donors (Lipinski definition) is 1. The molecule has 1 aromatic rings. The second-order valence-electron chi connectivity index (χ2n) is 3.52. The minimum atomic E-state index is -0.228. The minimum Gasteiger partial charge on any atom is -0.493 e. The molecule has 0 aliphatic carbocycles. The van der Waals surface area contributed by atoms with Gasteiger partial charge in [-0.3, -0.25) is 0 Å². The number of methoxy groups -OCH3 is 4. The van der Waals surface area contributed by atoms with Crippen LogP contribution in [0.25, 0.3) is 0 Å². The van der Waals surface area contributed by atoms with Gasteiger partial charge in [0.25, 0.3) is 0 Å². The molecule has 2 N–H and O–H groups in total. The molecule has 5 nitrogen and oxygen atoms in total. The Balaban J connectivity index is 3.17. The number of nitrogens with two attached hydrogens (primary N) is 1. The zero-order valence-electron chi connectivity index (χ0n) is 10.6. The fraction of sp³-hybridized carbons (Fsp3) is 0.500. The average Bonchev–Trinajstić information content (AvgIpc) is 2.37. The maximum Gasteiger partial charge on any atom is 0.203 e. The summed E-state index contributed by atoms with van der Waals surface area (Å²) in [6, 6.07) is 3.42. The van der Waals surface area contributed by atoms with Gasteiger partial charge in [-0.25, -0.2) is 0 Å². The van der Waals surface area contributed by atoms with Crippen LogP contribution in [0.5, 0.6) is 17.2 Å². The van der Waals surface area contributed by atoms with Crippen molar-refractivity contribution in [2.45, 2.75) is 6.04 Å². The predicted octanol–water partition coefficient (Wildman–Crippen LogP) is 1.36. The molecular formula is C12H19NO4. The second kappa shape index (κ2) is 6.32. The van der Waals surface area contributed by atoms with E-state index >= 15 is 0 Å². The average molecular weight is 241 g/mol. The first-order chi connectivity index (χ1) is 8.17. The summed E-state index contributed by atoms with van der Waals surface area (Å²) in [4.78, 5) is 0. The minimum absolute atomic E-state index is 0.228. The van der Waals surface area contributed by atoms with Gasteiger partial charge in [0.1, 0.15) is 0 Å². The van der Waals surface area contributed by atoms with E-state index in [2.05, 4.69) is 0 Å². The Morgan fingerprint density at radius 2 is 1.53 bits per heavy atom. The van der Waals surface area contributed by atoms with Crippen LogP contribution in [0.1, 0.15) is 11.6 Å². The van der Waals surface area contributed by atoms with E-state index in [1.165, 1.54) is 0 Å². The van der Waals surface area contributed by atoms with Crippen molar-refractivity contribution in [2.24, 2.45) is 5.73 Å². The molecule has 5 heteroatoms. The zero-order valence-corrected chi connectivity index (χ0v) is 10.6. The first-order valence-corrected chi connectivity index (χ1v) is 5.22. The third kappa shape index (κ3) is 3.01. The van der Waals surface area contributed by atoms with Gasteiger partial charge in [0.2, 0.25) is 5.75 Å². The molecule has 1 unspecified atom stereocenters. The lowest BCUT2D eigenvalue weighted by Gasteiger charge is -2.17. The summed E-state index contributed by atoms with van der Waals surface area (Å²) in [6.45, 7) is 0.429. The van der Waals surface area contributed by atoms with E-state index in [9.17, 15) is 0 Å². The molecule has 0 heterocycles. The number of benzene rings is 1. The van der Waals surface area contributed by atoms with Crippen LogP contribution in [0.15, 0.2) is 12.1 Å². The molecule has 0 spiro atoms. The highest BCUT2D eigenvalue weighted by atomic mass is 16.5. The summed E-state index contributed by atoms with van der Waals surface area (Å²) in [5.74, 6) is 1.74. The topological polar surface area (TPSA) is 62.9 Å². The van der Waals surface area contributed by atoms with Crippen molar-refractivity contribution in [3.8, 4) is 17.2 Å². The highest BCUT2D eigenvalue weighted by Gasteiger charge is 2.16. The van der Waals surface area contributed by atoms with E-state index in [1.807, 2.05) is 12.1 Å². The van der Waals surface area contributed by atoms with Gasteiger partial charge >= 0.3 is 0 Å². The fourth-order valence-electron chi connectivity index (χ4n) is 1.59. The fourth-order valence-corrected chi connectivity index (χ4v) is 1.59. The highest BCUT2D eigenvalue weighted by Crippen LogP contribution is 2.39. The van der Waals surface area contributed by atoms with Gasteiger partial charge in [-0.1, -0.05) is 0 Å². The van der Waals surface area contributed by atoms with Gasteiger partial charge in [-0.2, -0.15) is 0 Å². The Labute approximate surface area is 101 Å². The van der Waals surface area contributed by atoms with Crippen molar-refractivity contribution in [3.05, 3.63) is 17.7 Å². The molecule has 0 saturated heterocycles. The lowest BCUT2D eigenvalue weighted by Crippen LogP contribution is -2.16. The Bertz CT molecular complexity index is 343. The first kappa shape index (κ1) is 13.6. The molecule has 0 bridgehead atoms. The molecular weight excluding hydrogens is 222 g/mol. The molecule has 0 aliphatic heterocycles. The van der Waals surface area contributed by atoms with Crippen molar-refractivity contribution in [3.63, 3.8) is 0 Å². The zero-order chi connectivity index (χ0) is 12.8.